The summed E-state index contributed by atoms with van der Waals surface area (Å²) in [6.07, 6.45) is 44.8. The number of quaternary nitrogens is 1. The van der Waals surface area contributed by atoms with Crippen LogP contribution < -0.4 is 0 Å². The summed E-state index contributed by atoms with van der Waals surface area (Å²) in [7, 11) is 1.47. The lowest BCUT2D eigenvalue weighted by atomic mass is 10.0. The number of hydrogen-bond donors (Lipinski definition) is 1. The van der Waals surface area contributed by atoms with Crippen molar-refractivity contribution in [1.82, 2.24) is 0 Å². The molecule has 0 aliphatic rings. The third-order valence-electron chi connectivity index (χ3n) is 9.93. The molecule has 0 bridgehead atoms. The average molecular weight is 827 g/mol. The van der Waals surface area contributed by atoms with Gasteiger partial charge in [-0.1, -0.05) is 179 Å². The summed E-state index contributed by atoms with van der Waals surface area (Å²) in [5, 5.41) is 0. The van der Waals surface area contributed by atoms with Gasteiger partial charge < -0.3 is 18.9 Å². The fourth-order valence-corrected chi connectivity index (χ4v) is 7.06. The van der Waals surface area contributed by atoms with Crippen LogP contribution in [0.25, 0.3) is 0 Å². The number of phosphoric acid groups is 1. The van der Waals surface area contributed by atoms with Gasteiger partial charge in [-0.05, 0) is 44.9 Å². The van der Waals surface area contributed by atoms with Crippen LogP contribution in [0.15, 0.2) is 36.5 Å². The number of carbonyl (C=O) groups is 2. The Labute approximate surface area is 351 Å². The van der Waals surface area contributed by atoms with Gasteiger partial charge in [-0.3, -0.25) is 18.6 Å². The lowest BCUT2D eigenvalue weighted by Gasteiger charge is -2.24. The van der Waals surface area contributed by atoms with E-state index in [0.717, 1.165) is 70.6 Å². The number of allylic oxidation sites excluding steroid dienone is 6. The van der Waals surface area contributed by atoms with Crippen LogP contribution in [0.2, 0.25) is 0 Å². The molecule has 334 valence electrons. The molecule has 1 unspecified atom stereocenters. The van der Waals surface area contributed by atoms with Crippen molar-refractivity contribution >= 4 is 19.8 Å². The highest BCUT2D eigenvalue weighted by Crippen LogP contribution is 2.43. The van der Waals surface area contributed by atoms with Crippen molar-refractivity contribution in [3.05, 3.63) is 36.5 Å². The van der Waals surface area contributed by atoms with Gasteiger partial charge >= 0.3 is 19.8 Å². The van der Waals surface area contributed by atoms with Gasteiger partial charge in [0, 0.05) is 12.8 Å². The van der Waals surface area contributed by atoms with Gasteiger partial charge in [0.25, 0.3) is 0 Å². The number of unbranched alkanes of at least 4 members (excludes halogenated alkanes) is 22. The molecule has 0 aliphatic heterocycles. The minimum absolute atomic E-state index is 0.0287. The number of hydrogen-bond acceptors (Lipinski definition) is 7. The monoisotopic (exact) mass is 827 g/mol. The van der Waals surface area contributed by atoms with Crippen LogP contribution in [0.5, 0.6) is 0 Å². The second kappa shape index (κ2) is 39.7. The SMILES string of the molecule is CC/C=C\C/C=C\C/C=C\CCCCCCCC(=O)O[C@H](COC(=O)CCCCCCCCCCCCCCCCCCCC)COP(=O)(O)OCC[N+](C)(C)C. The molecule has 0 aromatic rings. The molecule has 0 aromatic carbocycles. The molecular formula is C47H89NO8P+. The predicted molar refractivity (Wildman–Crippen MR) is 238 cm³/mol. The van der Waals surface area contributed by atoms with Gasteiger partial charge in [0.1, 0.15) is 19.8 Å². The summed E-state index contributed by atoms with van der Waals surface area (Å²) in [6.45, 7) is 4.31. The molecule has 2 atom stereocenters. The van der Waals surface area contributed by atoms with Gasteiger partial charge in [0.15, 0.2) is 6.10 Å². The summed E-state index contributed by atoms with van der Waals surface area (Å²) < 4.78 is 34.3. The van der Waals surface area contributed by atoms with E-state index in [1.54, 1.807) is 0 Å². The zero-order valence-corrected chi connectivity index (χ0v) is 38.5. The molecule has 1 N–H and O–H groups in total. The number of carbonyl (C=O) groups excluding carboxylic acids is 2. The van der Waals surface area contributed by atoms with Gasteiger partial charge in [0.2, 0.25) is 0 Å². The van der Waals surface area contributed by atoms with Crippen LogP contribution in [0, 0.1) is 0 Å². The van der Waals surface area contributed by atoms with Crippen molar-refractivity contribution in [3.8, 4) is 0 Å². The van der Waals surface area contributed by atoms with Crippen LogP contribution in [-0.4, -0.2) is 74.9 Å². The van der Waals surface area contributed by atoms with Crippen LogP contribution in [0.1, 0.15) is 200 Å². The van der Waals surface area contributed by atoms with Gasteiger partial charge in [0.05, 0.1) is 27.7 Å². The quantitative estimate of drug-likeness (QED) is 0.0213. The summed E-state index contributed by atoms with van der Waals surface area (Å²) >= 11 is 0. The molecule has 0 saturated carbocycles. The third kappa shape index (κ3) is 43.6. The maximum atomic E-state index is 12.7. The van der Waals surface area contributed by atoms with E-state index in [0.29, 0.717) is 17.4 Å². The summed E-state index contributed by atoms with van der Waals surface area (Å²) in [6, 6.07) is 0. The number of esters is 2. The first-order chi connectivity index (χ1) is 27.5. The summed E-state index contributed by atoms with van der Waals surface area (Å²) in [5.74, 6) is -0.812. The molecule has 0 saturated heterocycles. The number of nitrogens with zero attached hydrogens (tertiary/aromatic N) is 1. The topological polar surface area (TPSA) is 108 Å². The smallest absolute Gasteiger partial charge is 0.462 e. The molecule has 0 aliphatic carbocycles. The van der Waals surface area contributed by atoms with Crippen molar-refractivity contribution in [1.29, 1.82) is 0 Å². The Bertz CT molecular complexity index is 1070. The molecule has 10 heteroatoms. The number of phosphoric ester groups is 1. The zero-order valence-electron chi connectivity index (χ0n) is 37.6. The van der Waals surface area contributed by atoms with Crippen molar-refractivity contribution in [2.75, 3.05) is 47.5 Å². The van der Waals surface area contributed by atoms with Crippen LogP contribution in [-0.2, 0) is 32.7 Å². The van der Waals surface area contributed by atoms with Crippen LogP contribution in [0.3, 0.4) is 0 Å². The Morgan fingerprint density at radius 2 is 1.00 bits per heavy atom. The Morgan fingerprint density at radius 1 is 0.561 bits per heavy atom. The van der Waals surface area contributed by atoms with E-state index in [9.17, 15) is 19.0 Å². The average Bonchev–Trinajstić information content (AvgIpc) is 3.16. The van der Waals surface area contributed by atoms with E-state index in [4.69, 9.17) is 18.5 Å². The second-order valence-electron chi connectivity index (χ2n) is 16.8. The lowest BCUT2D eigenvalue weighted by Crippen LogP contribution is -2.37. The lowest BCUT2D eigenvalue weighted by molar-refractivity contribution is -0.870. The van der Waals surface area contributed by atoms with E-state index in [-0.39, 0.29) is 32.0 Å². The van der Waals surface area contributed by atoms with E-state index in [1.165, 1.54) is 96.3 Å². The number of rotatable bonds is 42. The highest BCUT2D eigenvalue weighted by atomic mass is 31.2. The first-order valence-corrected chi connectivity index (χ1v) is 24.7. The van der Waals surface area contributed by atoms with Crippen molar-refractivity contribution in [3.63, 3.8) is 0 Å². The normalized spacial score (nSPS) is 13.9. The van der Waals surface area contributed by atoms with Crippen LogP contribution >= 0.6 is 7.82 Å². The van der Waals surface area contributed by atoms with Crippen molar-refractivity contribution in [2.24, 2.45) is 0 Å². The van der Waals surface area contributed by atoms with Crippen molar-refractivity contribution in [2.45, 2.75) is 206 Å². The Balaban J connectivity index is 4.31. The predicted octanol–water partition coefficient (Wildman–Crippen LogP) is 13.3. The molecule has 0 amide bonds. The minimum atomic E-state index is -4.38. The maximum Gasteiger partial charge on any atom is 0.472 e. The molecule has 0 spiro atoms. The highest BCUT2D eigenvalue weighted by molar-refractivity contribution is 7.47. The fraction of sp³-hybridized carbons (Fsp3) is 0.830. The van der Waals surface area contributed by atoms with Gasteiger partial charge in [-0.25, -0.2) is 4.57 Å². The molecule has 57 heavy (non-hydrogen) atoms. The molecule has 0 rings (SSSR count). The Morgan fingerprint density at radius 3 is 1.49 bits per heavy atom. The van der Waals surface area contributed by atoms with E-state index in [1.807, 2.05) is 21.1 Å². The molecule has 0 fully saturated rings. The minimum Gasteiger partial charge on any atom is -0.462 e. The highest BCUT2D eigenvalue weighted by Gasteiger charge is 2.27. The zero-order chi connectivity index (χ0) is 42.1. The van der Waals surface area contributed by atoms with Gasteiger partial charge in [-0.2, -0.15) is 0 Å². The summed E-state index contributed by atoms with van der Waals surface area (Å²) in [5.41, 5.74) is 0. The maximum absolute atomic E-state index is 12.7. The Hall–Kier alpha value is -1.77. The van der Waals surface area contributed by atoms with E-state index < -0.39 is 26.5 Å². The van der Waals surface area contributed by atoms with Crippen LogP contribution in [0.4, 0.5) is 0 Å². The number of likely N-dealkylation sites (N-methyl/N-ethyl adjacent to an activating group) is 1. The van der Waals surface area contributed by atoms with E-state index >= 15 is 0 Å². The Kier molecular flexibility index (Phi) is 38.4. The standard InChI is InChI=1S/C47H88NO8P/c1-6-8-10-12-14-16-18-20-22-23-24-26-27-29-31-33-35-37-39-46(49)53-43-45(44-55-57(51,52)54-42-41-48(3,4)5)56-47(50)40-38-36-34-32-30-28-25-21-19-17-15-13-11-9-7-2/h9,11,15,17,21,25,45H,6-8,10,12-14,16,18-20,22-24,26-44H2,1-5H3/p+1/b11-9-,17-15-,25-21-/t45-/m1/s1. The largest absolute Gasteiger partial charge is 0.472 e. The number of ether oxygens (including phenoxy) is 2. The molecule has 9 nitrogen and oxygen atoms in total. The molecule has 0 aromatic heterocycles. The molecular weight excluding hydrogens is 737 g/mol. The molecule has 0 heterocycles. The van der Waals surface area contributed by atoms with Crippen molar-refractivity contribution < 1.29 is 42.1 Å². The van der Waals surface area contributed by atoms with E-state index in [2.05, 4.69) is 50.3 Å². The fourth-order valence-electron chi connectivity index (χ4n) is 6.32. The first-order valence-electron chi connectivity index (χ1n) is 23.2. The molecule has 0 radical (unpaired) electrons. The van der Waals surface area contributed by atoms with Gasteiger partial charge in [-0.15, -0.1) is 0 Å². The third-order valence-corrected chi connectivity index (χ3v) is 10.9. The first kappa shape index (κ1) is 55.2. The second-order valence-corrected chi connectivity index (χ2v) is 18.2. The summed E-state index contributed by atoms with van der Waals surface area (Å²) in [4.78, 5) is 35.4.